The highest BCUT2D eigenvalue weighted by atomic mass is 16.3. The van der Waals surface area contributed by atoms with Gasteiger partial charge in [0, 0.05) is 33.2 Å². The van der Waals surface area contributed by atoms with Crippen LogP contribution in [0.5, 0.6) is 0 Å². The van der Waals surface area contributed by atoms with E-state index in [2.05, 4.69) is 200 Å². The van der Waals surface area contributed by atoms with Gasteiger partial charge in [-0.3, -0.25) is 0 Å². The highest BCUT2D eigenvalue weighted by Gasteiger charge is 2.51. The molecule has 0 amide bonds. The first-order valence-corrected chi connectivity index (χ1v) is 19.7. The fourth-order valence-corrected chi connectivity index (χ4v) is 10.1. The van der Waals surface area contributed by atoms with Crippen molar-refractivity contribution in [2.75, 3.05) is 4.90 Å². The van der Waals surface area contributed by atoms with E-state index in [-0.39, 0.29) is 0 Å². The Balaban J connectivity index is 1.11. The number of anilines is 2. The number of benzene rings is 8. The van der Waals surface area contributed by atoms with E-state index >= 15 is 0 Å². The fraction of sp³-hybridized carbons (Fsp3) is 0.0741. The highest BCUT2D eigenvalue weighted by Crippen LogP contribution is 2.63. The summed E-state index contributed by atoms with van der Waals surface area (Å²) in [6.07, 6.45) is 8.05. The zero-order chi connectivity index (χ0) is 37.0. The second kappa shape index (κ2) is 11.8. The SMILES string of the molecule is CC1C=CC(N(c2ccc3c(c2)C2(c4ccccc4-c4ccccc42)c2ccccc2-3)c2ccc3oc4c5ccccc5c(-c5ccccc5)cc4c3c2)=CC1. The van der Waals surface area contributed by atoms with Crippen LogP contribution in [0.3, 0.4) is 0 Å². The zero-order valence-corrected chi connectivity index (χ0v) is 31.0. The summed E-state index contributed by atoms with van der Waals surface area (Å²) in [5.41, 5.74) is 17.9. The third kappa shape index (κ3) is 4.27. The average molecular weight is 716 g/mol. The van der Waals surface area contributed by atoms with E-state index in [1.54, 1.807) is 0 Å². The maximum Gasteiger partial charge on any atom is 0.143 e. The molecule has 0 radical (unpaired) electrons. The van der Waals surface area contributed by atoms with Crippen LogP contribution in [-0.4, -0.2) is 0 Å². The third-order valence-electron chi connectivity index (χ3n) is 12.6. The summed E-state index contributed by atoms with van der Waals surface area (Å²) in [7, 11) is 0. The standard InChI is InChI=1S/C54H37NO/c1-34-23-25-36(26-24-34)55(37-28-30-52-46(31-37)47-33-45(35-13-3-2-4-14-35)39-15-5-6-19-44(39)53(47)56-52)38-27-29-43-42-18-9-12-22-50(42)54(51(43)32-38)48-20-10-7-16-40(48)41-17-8-11-21-49(41)54/h2-23,25-34H,24H2,1H3. The summed E-state index contributed by atoms with van der Waals surface area (Å²) >= 11 is 0. The van der Waals surface area contributed by atoms with Crippen molar-refractivity contribution in [1.82, 2.24) is 0 Å². The van der Waals surface area contributed by atoms with E-state index in [1.807, 2.05) is 0 Å². The van der Waals surface area contributed by atoms with E-state index in [1.165, 1.54) is 66.7 Å². The smallest absolute Gasteiger partial charge is 0.143 e. The molecule has 9 aromatic rings. The molecule has 3 aliphatic carbocycles. The van der Waals surface area contributed by atoms with E-state index < -0.39 is 5.41 Å². The number of rotatable bonds is 4. The molecule has 0 N–H and O–H groups in total. The van der Waals surface area contributed by atoms with E-state index in [9.17, 15) is 0 Å². The van der Waals surface area contributed by atoms with Crippen LogP contribution >= 0.6 is 0 Å². The average Bonchev–Trinajstić information content (AvgIpc) is 3.88. The van der Waals surface area contributed by atoms with Crippen LogP contribution < -0.4 is 4.90 Å². The molecule has 0 saturated carbocycles. The third-order valence-corrected chi connectivity index (χ3v) is 12.6. The summed E-state index contributed by atoms with van der Waals surface area (Å²) < 4.78 is 6.74. The number of nitrogens with zero attached hydrogens (tertiary/aromatic N) is 1. The number of furan rings is 1. The van der Waals surface area contributed by atoms with Crippen molar-refractivity contribution in [2.45, 2.75) is 18.8 Å². The lowest BCUT2D eigenvalue weighted by Gasteiger charge is -2.33. The predicted octanol–water partition coefficient (Wildman–Crippen LogP) is 14.4. The first-order chi connectivity index (χ1) is 27.7. The Morgan fingerprint density at radius 3 is 1.77 bits per heavy atom. The molecule has 0 bridgehead atoms. The summed E-state index contributed by atoms with van der Waals surface area (Å²) in [6, 6.07) is 62.7. The van der Waals surface area contributed by atoms with Crippen molar-refractivity contribution in [3.63, 3.8) is 0 Å². The summed E-state index contributed by atoms with van der Waals surface area (Å²) in [5, 5.41) is 4.57. The van der Waals surface area contributed by atoms with Gasteiger partial charge in [0.05, 0.1) is 5.41 Å². The van der Waals surface area contributed by atoms with Gasteiger partial charge in [0.25, 0.3) is 0 Å². The molecule has 56 heavy (non-hydrogen) atoms. The van der Waals surface area contributed by atoms with Crippen LogP contribution in [0.4, 0.5) is 11.4 Å². The van der Waals surface area contributed by atoms with Gasteiger partial charge in [0.2, 0.25) is 0 Å². The number of hydrogen-bond donors (Lipinski definition) is 0. The first kappa shape index (κ1) is 31.5. The molecule has 1 aromatic heterocycles. The van der Waals surface area contributed by atoms with Gasteiger partial charge in [0.15, 0.2) is 0 Å². The van der Waals surface area contributed by atoms with Crippen molar-refractivity contribution >= 4 is 44.1 Å². The van der Waals surface area contributed by atoms with Crippen LogP contribution in [0.2, 0.25) is 0 Å². The summed E-state index contributed by atoms with van der Waals surface area (Å²) in [5.74, 6) is 0.495. The number of allylic oxidation sites excluding steroid dienone is 3. The van der Waals surface area contributed by atoms with Gasteiger partial charge in [-0.05, 0) is 116 Å². The first-order valence-electron chi connectivity index (χ1n) is 19.7. The molecule has 2 nitrogen and oxygen atoms in total. The molecule has 8 aromatic carbocycles. The lowest BCUT2D eigenvalue weighted by Crippen LogP contribution is -2.26. The normalized spacial score (nSPS) is 15.9. The van der Waals surface area contributed by atoms with Crippen molar-refractivity contribution < 1.29 is 4.42 Å². The van der Waals surface area contributed by atoms with Crippen molar-refractivity contribution in [2.24, 2.45) is 5.92 Å². The zero-order valence-electron chi connectivity index (χ0n) is 31.0. The van der Waals surface area contributed by atoms with Crippen LogP contribution in [0.15, 0.2) is 198 Å². The summed E-state index contributed by atoms with van der Waals surface area (Å²) in [6.45, 7) is 2.29. The van der Waals surface area contributed by atoms with Gasteiger partial charge in [-0.15, -0.1) is 0 Å². The molecular weight excluding hydrogens is 679 g/mol. The van der Waals surface area contributed by atoms with Gasteiger partial charge in [0.1, 0.15) is 11.2 Å². The molecule has 3 aliphatic rings. The monoisotopic (exact) mass is 715 g/mol. The lowest BCUT2D eigenvalue weighted by atomic mass is 9.70. The molecule has 2 heteroatoms. The van der Waals surface area contributed by atoms with Crippen molar-refractivity contribution in [1.29, 1.82) is 0 Å². The fourth-order valence-electron chi connectivity index (χ4n) is 10.1. The molecule has 1 unspecified atom stereocenters. The van der Waals surface area contributed by atoms with Crippen LogP contribution in [0.25, 0.3) is 66.1 Å². The number of fused-ring (bicyclic) bond motifs is 15. The van der Waals surface area contributed by atoms with Gasteiger partial charge in [-0.2, -0.15) is 0 Å². The quantitative estimate of drug-likeness (QED) is 0.180. The Morgan fingerprint density at radius 2 is 1.09 bits per heavy atom. The molecule has 1 atom stereocenters. The van der Waals surface area contributed by atoms with Crippen molar-refractivity contribution in [3.05, 3.63) is 216 Å². The number of hydrogen-bond acceptors (Lipinski definition) is 2. The topological polar surface area (TPSA) is 16.4 Å². The van der Waals surface area contributed by atoms with Crippen LogP contribution in [0, 0.1) is 5.92 Å². The molecule has 12 rings (SSSR count). The van der Waals surface area contributed by atoms with Gasteiger partial charge < -0.3 is 9.32 Å². The minimum absolute atomic E-state index is 0.411. The molecule has 0 aliphatic heterocycles. The van der Waals surface area contributed by atoms with E-state index in [4.69, 9.17) is 4.42 Å². The Morgan fingerprint density at radius 1 is 0.500 bits per heavy atom. The molecular formula is C54H37NO. The maximum absolute atomic E-state index is 6.74. The molecule has 0 saturated heterocycles. The van der Waals surface area contributed by atoms with Crippen LogP contribution in [-0.2, 0) is 5.41 Å². The van der Waals surface area contributed by atoms with E-state index in [0.717, 1.165) is 45.1 Å². The Labute approximate surface area is 326 Å². The summed E-state index contributed by atoms with van der Waals surface area (Å²) in [4.78, 5) is 2.46. The molecule has 0 fully saturated rings. The maximum atomic E-state index is 6.74. The Kier molecular flexibility index (Phi) is 6.63. The van der Waals surface area contributed by atoms with Gasteiger partial charge in [-0.1, -0.05) is 153 Å². The molecule has 1 heterocycles. The predicted molar refractivity (Wildman–Crippen MR) is 233 cm³/mol. The second-order valence-corrected chi connectivity index (χ2v) is 15.6. The molecule has 264 valence electrons. The largest absolute Gasteiger partial charge is 0.455 e. The Hall–Kier alpha value is -6.90. The van der Waals surface area contributed by atoms with E-state index in [0.29, 0.717) is 5.92 Å². The minimum Gasteiger partial charge on any atom is -0.455 e. The van der Waals surface area contributed by atoms with Gasteiger partial charge >= 0.3 is 0 Å². The lowest BCUT2D eigenvalue weighted by molar-refractivity contribution is 0.672. The highest BCUT2D eigenvalue weighted by molar-refractivity contribution is 6.19. The van der Waals surface area contributed by atoms with Crippen LogP contribution in [0.1, 0.15) is 35.6 Å². The molecule has 1 spiro atoms. The Bertz CT molecular complexity index is 3080. The van der Waals surface area contributed by atoms with Crippen molar-refractivity contribution in [3.8, 4) is 33.4 Å². The van der Waals surface area contributed by atoms with Gasteiger partial charge in [-0.25, -0.2) is 0 Å². The minimum atomic E-state index is -0.411. The second-order valence-electron chi connectivity index (χ2n) is 15.6.